The van der Waals surface area contributed by atoms with E-state index in [4.69, 9.17) is 9.47 Å². The molecule has 0 amide bonds. The highest BCUT2D eigenvalue weighted by Crippen LogP contribution is 2.35. The Morgan fingerprint density at radius 3 is 1.84 bits per heavy atom. The lowest BCUT2D eigenvalue weighted by molar-refractivity contribution is 0.0584. The summed E-state index contributed by atoms with van der Waals surface area (Å²) in [6.07, 6.45) is 13.7. The molecule has 0 aromatic heterocycles. The molecule has 1 saturated carbocycles. The number of ether oxygens (including phenoxy) is 2. The zero-order chi connectivity index (χ0) is 22.6. The van der Waals surface area contributed by atoms with E-state index in [1.807, 2.05) is 0 Å². The van der Waals surface area contributed by atoms with E-state index in [-0.39, 0.29) is 24.9 Å². The van der Waals surface area contributed by atoms with Crippen LogP contribution in [0.3, 0.4) is 0 Å². The molecule has 6 heteroatoms. The monoisotopic (exact) mass is 444 g/mol. The van der Waals surface area contributed by atoms with Gasteiger partial charge in [0.05, 0.1) is 0 Å². The molecule has 0 aromatic carbocycles. The fraction of sp³-hybridized carbons (Fsp3) is 0.846. The first-order chi connectivity index (χ1) is 15.7. The van der Waals surface area contributed by atoms with Crippen molar-refractivity contribution in [3.63, 3.8) is 0 Å². The Morgan fingerprint density at radius 2 is 1.28 bits per heavy atom. The fourth-order valence-corrected chi connectivity index (χ4v) is 4.79. The van der Waals surface area contributed by atoms with Crippen molar-refractivity contribution >= 4 is 0 Å². The maximum absolute atomic E-state index is 5.98. The predicted octanol–water partition coefficient (Wildman–Crippen LogP) is 4.15. The predicted molar refractivity (Wildman–Crippen MR) is 128 cm³/mol. The van der Waals surface area contributed by atoms with Crippen LogP contribution in [0.4, 0.5) is 0 Å². The second-order valence-corrected chi connectivity index (χ2v) is 9.44. The molecule has 0 spiro atoms. The summed E-state index contributed by atoms with van der Waals surface area (Å²) < 4.78 is 11.9. The maximum atomic E-state index is 5.98. The van der Waals surface area contributed by atoms with E-state index < -0.39 is 0 Å². The van der Waals surface area contributed by atoms with Gasteiger partial charge in [-0.15, -0.1) is 0 Å². The van der Waals surface area contributed by atoms with Crippen LogP contribution < -0.4 is 21.7 Å². The molecule has 32 heavy (non-hydrogen) atoms. The summed E-state index contributed by atoms with van der Waals surface area (Å²) in [5.74, 6) is 15.1. The van der Waals surface area contributed by atoms with Crippen molar-refractivity contribution in [2.45, 2.75) is 123 Å². The summed E-state index contributed by atoms with van der Waals surface area (Å²) in [7, 11) is 0. The Morgan fingerprint density at radius 1 is 0.688 bits per heavy atom. The fourth-order valence-electron chi connectivity index (χ4n) is 4.79. The number of rotatable bonds is 9. The van der Waals surface area contributed by atoms with Crippen LogP contribution in [-0.4, -0.2) is 24.9 Å². The Kier molecular flexibility index (Phi) is 11.3. The highest BCUT2D eigenvalue weighted by Gasteiger charge is 2.29. The topological polar surface area (TPSA) is 66.6 Å². The minimum absolute atomic E-state index is 0.0842. The zero-order valence-electron chi connectivity index (χ0n) is 20.3. The minimum Gasteiger partial charge on any atom is -0.331 e. The third-order valence-corrected chi connectivity index (χ3v) is 6.82. The van der Waals surface area contributed by atoms with Crippen LogP contribution in [0.15, 0.2) is 0 Å². The van der Waals surface area contributed by atoms with Crippen molar-refractivity contribution in [2.24, 2.45) is 17.8 Å². The summed E-state index contributed by atoms with van der Waals surface area (Å²) in [5.41, 5.74) is 12.8. The summed E-state index contributed by atoms with van der Waals surface area (Å²) in [6, 6.07) is 0. The molecule has 7 atom stereocenters. The van der Waals surface area contributed by atoms with Crippen molar-refractivity contribution in [1.82, 2.24) is 21.7 Å². The van der Waals surface area contributed by atoms with Crippen LogP contribution in [-0.2, 0) is 9.47 Å². The lowest BCUT2D eigenvalue weighted by atomic mass is 9.73. The highest BCUT2D eigenvalue weighted by molar-refractivity contribution is 5.14. The molecule has 0 aromatic rings. The summed E-state index contributed by atoms with van der Waals surface area (Å²) >= 11 is 0. The molecule has 2 heterocycles. The van der Waals surface area contributed by atoms with E-state index in [1.165, 1.54) is 38.5 Å². The minimum atomic E-state index is -0.194. The number of hydrogen-bond donors (Lipinski definition) is 4. The van der Waals surface area contributed by atoms with Crippen LogP contribution >= 0.6 is 0 Å². The summed E-state index contributed by atoms with van der Waals surface area (Å²) in [5, 5.41) is 0. The molecular weight excluding hydrogens is 400 g/mol. The average Bonchev–Trinajstić information content (AvgIpc) is 3.46. The molecule has 2 saturated heterocycles. The molecule has 3 fully saturated rings. The van der Waals surface area contributed by atoms with Gasteiger partial charge in [-0.2, -0.15) is 0 Å². The Labute approximate surface area is 195 Å². The lowest BCUT2D eigenvalue weighted by Gasteiger charge is -2.30. The summed E-state index contributed by atoms with van der Waals surface area (Å²) in [4.78, 5) is 0. The molecule has 1 aliphatic carbocycles. The van der Waals surface area contributed by atoms with E-state index in [9.17, 15) is 0 Å². The molecule has 2 aliphatic heterocycles. The van der Waals surface area contributed by atoms with E-state index in [0.717, 1.165) is 38.5 Å². The van der Waals surface area contributed by atoms with Crippen molar-refractivity contribution in [3.05, 3.63) is 0 Å². The third kappa shape index (κ3) is 8.34. The Hall–Kier alpha value is -1.12. The lowest BCUT2D eigenvalue weighted by Crippen LogP contribution is -2.33. The van der Waals surface area contributed by atoms with Crippen LogP contribution in [0, 0.1) is 41.4 Å². The van der Waals surface area contributed by atoms with E-state index in [0.29, 0.717) is 17.8 Å². The van der Waals surface area contributed by atoms with Gasteiger partial charge >= 0.3 is 0 Å². The molecule has 180 valence electrons. The van der Waals surface area contributed by atoms with Crippen molar-refractivity contribution < 1.29 is 9.47 Å². The summed E-state index contributed by atoms with van der Waals surface area (Å²) in [6.45, 7) is 6.72. The van der Waals surface area contributed by atoms with Gasteiger partial charge in [0.25, 0.3) is 0 Å². The van der Waals surface area contributed by atoms with Gasteiger partial charge in [-0.1, -0.05) is 76.6 Å². The molecular formula is C26H44N4O2. The number of nitrogens with one attached hydrogen (secondary N) is 4. The molecule has 3 rings (SSSR count). The molecule has 0 radical (unpaired) electrons. The highest BCUT2D eigenvalue weighted by atomic mass is 16.6. The first-order valence-electron chi connectivity index (χ1n) is 13.1. The molecule has 0 bridgehead atoms. The van der Waals surface area contributed by atoms with Gasteiger partial charge < -0.3 is 9.47 Å². The van der Waals surface area contributed by atoms with Gasteiger partial charge in [0.2, 0.25) is 0 Å². The van der Waals surface area contributed by atoms with Gasteiger partial charge in [-0.25, -0.2) is 21.7 Å². The third-order valence-electron chi connectivity index (χ3n) is 6.82. The average molecular weight is 445 g/mol. The molecule has 3 aliphatic rings. The SMILES string of the molecule is CCCCCC1NNC(C#CC2CCC(C#CC3NNC(CCCCC)O3)C(CC)C2)O1. The van der Waals surface area contributed by atoms with Gasteiger partial charge in [0.15, 0.2) is 12.5 Å². The first-order valence-corrected chi connectivity index (χ1v) is 13.1. The van der Waals surface area contributed by atoms with Gasteiger partial charge in [0, 0.05) is 11.8 Å². The largest absolute Gasteiger partial charge is 0.331 e. The first kappa shape index (κ1) is 25.5. The maximum Gasteiger partial charge on any atom is 0.185 e. The molecule has 7 unspecified atom stereocenters. The second-order valence-electron chi connectivity index (χ2n) is 9.44. The van der Waals surface area contributed by atoms with Crippen LogP contribution in [0.25, 0.3) is 0 Å². The second kappa shape index (κ2) is 14.2. The number of unbranched alkanes of at least 4 members (excludes halogenated alkanes) is 4. The van der Waals surface area contributed by atoms with Gasteiger partial charge in [-0.3, -0.25) is 0 Å². The molecule has 4 N–H and O–H groups in total. The van der Waals surface area contributed by atoms with Gasteiger partial charge in [0.1, 0.15) is 12.5 Å². The van der Waals surface area contributed by atoms with Gasteiger partial charge in [-0.05, 0) is 50.9 Å². The quantitative estimate of drug-likeness (QED) is 0.317. The van der Waals surface area contributed by atoms with E-state index in [1.54, 1.807) is 0 Å². The number of hydrogen-bond acceptors (Lipinski definition) is 6. The molecule has 6 nitrogen and oxygen atoms in total. The van der Waals surface area contributed by atoms with Crippen molar-refractivity contribution in [3.8, 4) is 23.7 Å². The van der Waals surface area contributed by atoms with Crippen molar-refractivity contribution in [2.75, 3.05) is 0 Å². The smallest absolute Gasteiger partial charge is 0.185 e. The normalized spacial score (nSPS) is 34.5. The van der Waals surface area contributed by atoms with E-state index >= 15 is 0 Å². The zero-order valence-corrected chi connectivity index (χ0v) is 20.3. The standard InChI is InChI=1S/C26H44N4O2/c1-4-7-9-11-23-27-29-25(31-23)17-14-20-13-15-22(21(6-3)19-20)16-18-26-30-28-24(32-26)12-10-8-5-2/h20-30H,4-13,15,19H2,1-3H3. The van der Waals surface area contributed by atoms with E-state index in [2.05, 4.69) is 66.2 Å². The van der Waals surface area contributed by atoms with Crippen LogP contribution in [0.5, 0.6) is 0 Å². The Bertz CT molecular complexity index is 664. The van der Waals surface area contributed by atoms with Crippen LogP contribution in [0.1, 0.15) is 97.8 Å². The van der Waals surface area contributed by atoms with Crippen molar-refractivity contribution in [1.29, 1.82) is 0 Å². The number of hydrazine groups is 2. The van der Waals surface area contributed by atoms with Crippen LogP contribution in [0.2, 0.25) is 0 Å². The Balaban J connectivity index is 1.41.